The first-order valence-corrected chi connectivity index (χ1v) is 5.15. The molecule has 0 spiro atoms. The Morgan fingerprint density at radius 2 is 2.06 bits per heavy atom. The van der Waals surface area contributed by atoms with Gasteiger partial charge in [-0.2, -0.15) is 0 Å². The second kappa shape index (κ2) is 4.15. The molecule has 0 aromatic carbocycles. The van der Waals surface area contributed by atoms with E-state index in [0.717, 1.165) is 6.29 Å². The maximum Gasteiger partial charge on any atom is 0.251 e. The fourth-order valence-corrected chi connectivity index (χ4v) is 1.74. The number of carbonyl (C=O) groups excluding carboxylic acids is 1. The highest BCUT2D eigenvalue weighted by Crippen LogP contribution is 2.29. The lowest BCUT2D eigenvalue weighted by Crippen LogP contribution is -2.39. The Kier molecular flexibility index (Phi) is 2.85. The lowest BCUT2D eigenvalue weighted by Gasteiger charge is -2.32. The van der Waals surface area contributed by atoms with Crippen LogP contribution >= 0.6 is 0 Å². The van der Waals surface area contributed by atoms with Gasteiger partial charge >= 0.3 is 0 Å². The monoisotopic (exact) mass is 226 g/mol. The van der Waals surface area contributed by atoms with E-state index in [9.17, 15) is 13.6 Å². The van der Waals surface area contributed by atoms with Gasteiger partial charge in [-0.3, -0.25) is 4.79 Å². The number of rotatable bonds is 2. The van der Waals surface area contributed by atoms with Crippen molar-refractivity contribution in [1.82, 2.24) is 4.98 Å². The van der Waals surface area contributed by atoms with E-state index in [2.05, 4.69) is 4.98 Å². The molecule has 5 heteroatoms. The molecule has 0 bridgehead atoms. The van der Waals surface area contributed by atoms with Crippen LogP contribution in [-0.2, 0) is 0 Å². The van der Waals surface area contributed by atoms with Crippen molar-refractivity contribution in [3.8, 4) is 0 Å². The van der Waals surface area contributed by atoms with E-state index in [1.54, 1.807) is 17.0 Å². The zero-order chi connectivity index (χ0) is 11.6. The SMILES string of the molecule is O=Cc1ccnc(N2CCC(F)(F)CC2)c1. The molecule has 1 fully saturated rings. The molecule has 16 heavy (non-hydrogen) atoms. The summed E-state index contributed by atoms with van der Waals surface area (Å²) >= 11 is 0. The summed E-state index contributed by atoms with van der Waals surface area (Å²) in [6.45, 7) is 0.560. The van der Waals surface area contributed by atoms with E-state index in [1.165, 1.54) is 6.20 Å². The number of aldehydes is 1. The van der Waals surface area contributed by atoms with Gasteiger partial charge in [0.25, 0.3) is 5.92 Å². The summed E-state index contributed by atoms with van der Waals surface area (Å²) in [4.78, 5) is 16.4. The Labute approximate surface area is 92.1 Å². The van der Waals surface area contributed by atoms with Gasteiger partial charge in [-0.25, -0.2) is 13.8 Å². The number of alkyl halides is 2. The predicted molar refractivity (Wildman–Crippen MR) is 56.0 cm³/mol. The third-order valence-electron chi connectivity index (χ3n) is 2.72. The normalized spacial score (nSPS) is 19.5. The molecule has 0 atom stereocenters. The molecule has 1 saturated heterocycles. The largest absolute Gasteiger partial charge is 0.356 e. The summed E-state index contributed by atoms with van der Waals surface area (Å²) in [7, 11) is 0. The maximum absolute atomic E-state index is 12.9. The number of aromatic nitrogens is 1. The van der Waals surface area contributed by atoms with Crippen LogP contribution in [0.1, 0.15) is 23.2 Å². The molecular formula is C11H12F2N2O. The van der Waals surface area contributed by atoms with E-state index in [1.807, 2.05) is 0 Å². The fourth-order valence-electron chi connectivity index (χ4n) is 1.74. The second-order valence-electron chi connectivity index (χ2n) is 3.91. The zero-order valence-corrected chi connectivity index (χ0v) is 8.70. The number of halogens is 2. The minimum atomic E-state index is -2.56. The minimum absolute atomic E-state index is 0.153. The van der Waals surface area contributed by atoms with Gasteiger partial charge in [-0.1, -0.05) is 0 Å². The van der Waals surface area contributed by atoms with E-state index in [4.69, 9.17) is 0 Å². The molecule has 2 heterocycles. The molecule has 1 aromatic rings. The van der Waals surface area contributed by atoms with E-state index in [-0.39, 0.29) is 25.9 Å². The van der Waals surface area contributed by atoms with Crippen LogP contribution in [0.4, 0.5) is 14.6 Å². The van der Waals surface area contributed by atoms with E-state index < -0.39 is 5.92 Å². The average Bonchev–Trinajstić information content (AvgIpc) is 2.29. The highest BCUT2D eigenvalue weighted by Gasteiger charge is 2.34. The van der Waals surface area contributed by atoms with Crippen molar-refractivity contribution < 1.29 is 13.6 Å². The van der Waals surface area contributed by atoms with Gasteiger partial charge in [0.05, 0.1) is 0 Å². The predicted octanol–water partition coefficient (Wildman–Crippen LogP) is 2.13. The number of carbonyl (C=O) groups is 1. The quantitative estimate of drug-likeness (QED) is 0.724. The summed E-state index contributed by atoms with van der Waals surface area (Å²) in [6.07, 6.45) is 1.94. The van der Waals surface area contributed by atoms with Crippen molar-refractivity contribution in [1.29, 1.82) is 0 Å². The summed E-state index contributed by atoms with van der Waals surface area (Å²) in [5, 5.41) is 0. The summed E-state index contributed by atoms with van der Waals surface area (Å²) < 4.78 is 25.9. The zero-order valence-electron chi connectivity index (χ0n) is 8.70. The van der Waals surface area contributed by atoms with Gasteiger partial charge in [0, 0.05) is 37.7 Å². The number of piperidine rings is 1. The summed E-state index contributed by atoms with van der Waals surface area (Å²) in [6, 6.07) is 3.21. The molecule has 0 unspecified atom stereocenters. The van der Waals surface area contributed by atoms with Gasteiger partial charge < -0.3 is 4.90 Å². The average molecular weight is 226 g/mol. The lowest BCUT2D eigenvalue weighted by atomic mass is 10.1. The first kappa shape index (κ1) is 11.0. The number of hydrogen-bond donors (Lipinski definition) is 0. The number of anilines is 1. The molecule has 0 aliphatic carbocycles. The number of nitrogens with zero attached hydrogens (tertiary/aromatic N) is 2. The maximum atomic E-state index is 12.9. The molecule has 1 aliphatic rings. The Balaban J connectivity index is 2.11. The number of hydrogen-bond acceptors (Lipinski definition) is 3. The Morgan fingerprint density at radius 3 is 2.69 bits per heavy atom. The van der Waals surface area contributed by atoms with E-state index >= 15 is 0 Å². The third-order valence-corrected chi connectivity index (χ3v) is 2.72. The highest BCUT2D eigenvalue weighted by molar-refractivity contribution is 5.76. The molecule has 1 aliphatic heterocycles. The van der Waals surface area contributed by atoms with Crippen LogP contribution in [0.3, 0.4) is 0 Å². The molecule has 0 saturated carbocycles. The van der Waals surface area contributed by atoms with Crippen LogP contribution in [0, 0.1) is 0 Å². The Bertz CT molecular complexity index is 385. The van der Waals surface area contributed by atoms with Crippen molar-refractivity contribution in [3.63, 3.8) is 0 Å². The highest BCUT2D eigenvalue weighted by atomic mass is 19.3. The summed E-state index contributed by atoms with van der Waals surface area (Å²) in [5.41, 5.74) is 0.516. The summed E-state index contributed by atoms with van der Waals surface area (Å²) in [5.74, 6) is -1.96. The van der Waals surface area contributed by atoms with Crippen molar-refractivity contribution in [3.05, 3.63) is 23.9 Å². The molecule has 0 radical (unpaired) electrons. The van der Waals surface area contributed by atoms with Gasteiger partial charge in [0.1, 0.15) is 12.1 Å². The molecule has 0 N–H and O–H groups in total. The Morgan fingerprint density at radius 1 is 1.38 bits per heavy atom. The van der Waals surface area contributed by atoms with Gasteiger partial charge in [0.15, 0.2) is 0 Å². The van der Waals surface area contributed by atoms with Gasteiger partial charge in [0.2, 0.25) is 0 Å². The standard InChI is InChI=1S/C11H12F2N2O/c12-11(13)2-5-15(6-3-11)10-7-9(8-16)1-4-14-10/h1,4,7-8H,2-3,5-6H2. The first-order valence-electron chi connectivity index (χ1n) is 5.15. The van der Waals surface area contributed by atoms with Crippen LogP contribution < -0.4 is 4.90 Å². The number of pyridine rings is 1. The fraction of sp³-hybridized carbons (Fsp3) is 0.455. The third kappa shape index (κ3) is 2.35. The van der Waals surface area contributed by atoms with Crippen molar-refractivity contribution >= 4 is 12.1 Å². The van der Waals surface area contributed by atoms with Gasteiger partial charge in [-0.05, 0) is 12.1 Å². The molecular weight excluding hydrogens is 214 g/mol. The van der Waals surface area contributed by atoms with Crippen LogP contribution in [-0.4, -0.2) is 30.3 Å². The minimum Gasteiger partial charge on any atom is -0.356 e. The molecule has 2 rings (SSSR count). The molecule has 86 valence electrons. The van der Waals surface area contributed by atoms with Crippen LogP contribution in [0.2, 0.25) is 0 Å². The van der Waals surface area contributed by atoms with Gasteiger partial charge in [-0.15, -0.1) is 0 Å². The lowest BCUT2D eigenvalue weighted by molar-refractivity contribution is -0.0221. The van der Waals surface area contributed by atoms with Crippen molar-refractivity contribution in [2.45, 2.75) is 18.8 Å². The smallest absolute Gasteiger partial charge is 0.251 e. The van der Waals surface area contributed by atoms with Crippen LogP contribution in [0.5, 0.6) is 0 Å². The molecule has 3 nitrogen and oxygen atoms in total. The molecule has 0 amide bonds. The van der Waals surface area contributed by atoms with Crippen LogP contribution in [0.25, 0.3) is 0 Å². The van der Waals surface area contributed by atoms with E-state index in [0.29, 0.717) is 11.4 Å². The Hall–Kier alpha value is -1.52. The second-order valence-corrected chi connectivity index (χ2v) is 3.91. The topological polar surface area (TPSA) is 33.2 Å². The van der Waals surface area contributed by atoms with Crippen molar-refractivity contribution in [2.24, 2.45) is 0 Å². The molecule has 1 aromatic heterocycles. The first-order chi connectivity index (χ1) is 7.61. The van der Waals surface area contributed by atoms with Crippen molar-refractivity contribution in [2.75, 3.05) is 18.0 Å². The van der Waals surface area contributed by atoms with Crippen LogP contribution in [0.15, 0.2) is 18.3 Å².